The van der Waals surface area contributed by atoms with Gasteiger partial charge in [-0.15, -0.1) is 5.10 Å². The second-order valence-electron chi connectivity index (χ2n) is 13.5. The van der Waals surface area contributed by atoms with Crippen LogP contribution < -0.4 is 4.90 Å². The number of nitrogens with zero attached hydrogens (tertiary/aromatic N) is 7. The molecule has 0 saturated heterocycles. The highest BCUT2D eigenvalue weighted by molar-refractivity contribution is 5.94. The number of aromatic nitrogens is 6. The van der Waals surface area contributed by atoms with Gasteiger partial charge in [0.2, 0.25) is 0 Å². The van der Waals surface area contributed by atoms with Gasteiger partial charge in [0.25, 0.3) is 0 Å². The highest BCUT2D eigenvalue weighted by Crippen LogP contribution is 2.43. The quantitative estimate of drug-likeness (QED) is 0.0819. The summed E-state index contributed by atoms with van der Waals surface area (Å²) < 4.78 is 9.22. The van der Waals surface area contributed by atoms with Crippen molar-refractivity contribution in [3.05, 3.63) is 174 Å². The standard InChI is InChI=1S/C45H45N7O2/c1-5-30-50(43-41(44(53)54-6-2)32-51(47-43)33(3)4)31-34-26-28-35(29-27-34)39-24-16-17-25-40(39)42-46-48-49-52(42)45(36-18-10-7-11-19-36,37-20-12-8-13-21-37)38-22-14-9-15-23-38/h7-29,32-33H,5-6,30-31H2,1-4H3. The average Bonchev–Trinajstić information content (AvgIpc) is 3.89. The molecular formula is C45H45N7O2. The van der Waals surface area contributed by atoms with Crippen LogP contribution in [0.5, 0.6) is 0 Å². The predicted molar refractivity (Wildman–Crippen MR) is 213 cm³/mol. The summed E-state index contributed by atoms with van der Waals surface area (Å²) in [5.74, 6) is 0.933. The number of ether oxygens (including phenoxy) is 1. The van der Waals surface area contributed by atoms with Gasteiger partial charge < -0.3 is 9.64 Å². The van der Waals surface area contributed by atoms with Gasteiger partial charge in [0, 0.05) is 30.9 Å². The van der Waals surface area contributed by atoms with E-state index < -0.39 is 5.54 Å². The maximum absolute atomic E-state index is 13.0. The fourth-order valence-electron chi connectivity index (χ4n) is 7.19. The monoisotopic (exact) mass is 715 g/mol. The number of carbonyl (C=O) groups excluding carboxylic acids is 1. The SMILES string of the molecule is CCCN(Cc1ccc(-c2ccccc2-c2nnnn2C(c2ccccc2)(c2ccccc2)c2ccccc2)cc1)c1nn(C(C)C)cc1C(=O)OCC. The summed E-state index contributed by atoms with van der Waals surface area (Å²) in [5, 5.41) is 18.7. The van der Waals surface area contributed by atoms with Crippen LogP contribution in [0.25, 0.3) is 22.5 Å². The van der Waals surface area contributed by atoms with Gasteiger partial charge in [-0.2, -0.15) is 5.10 Å². The van der Waals surface area contributed by atoms with Crippen LogP contribution in [0.3, 0.4) is 0 Å². The molecule has 7 aromatic rings. The van der Waals surface area contributed by atoms with E-state index in [-0.39, 0.29) is 12.0 Å². The fourth-order valence-corrected chi connectivity index (χ4v) is 7.19. The van der Waals surface area contributed by atoms with Gasteiger partial charge in [-0.25, -0.2) is 9.48 Å². The van der Waals surface area contributed by atoms with Crippen molar-refractivity contribution < 1.29 is 9.53 Å². The Morgan fingerprint density at radius 1 is 0.741 bits per heavy atom. The zero-order valence-corrected chi connectivity index (χ0v) is 31.2. The van der Waals surface area contributed by atoms with Crippen LogP contribution in [0.1, 0.15) is 72.8 Å². The lowest BCUT2D eigenvalue weighted by Crippen LogP contribution is -2.39. The Hall–Kier alpha value is -6.35. The van der Waals surface area contributed by atoms with Crippen molar-refractivity contribution in [2.45, 2.75) is 52.2 Å². The third kappa shape index (κ3) is 6.92. The second kappa shape index (κ2) is 16.1. The van der Waals surface area contributed by atoms with E-state index in [4.69, 9.17) is 20.1 Å². The van der Waals surface area contributed by atoms with Crippen LogP contribution in [0.15, 0.2) is 146 Å². The van der Waals surface area contributed by atoms with Crippen LogP contribution in [-0.4, -0.2) is 49.1 Å². The molecule has 0 bridgehead atoms. The summed E-state index contributed by atoms with van der Waals surface area (Å²) in [7, 11) is 0. The Morgan fingerprint density at radius 2 is 1.30 bits per heavy atom. The molecule has 2 aromatic heterocycles. The van der Waals surface area contributed by atoms with Gasteiger partial charge in [0.05, 0.1) is 6.61 Å². The molecule has 272 valence electrons. The van der Waals surface area contributed by atoms with Crippen LogP contribution in [-0.2, 0) is 16.8 Å². The first-order valence-corrected chi connectivity index (χ1v) is 18.6. The molecule has 9 heteroatoms. The lowest BCUT2D eigenvalue weighted by atomic mass is 9.77. The van der Waals surface area contributed by atoms with E-state index >= 15 is 0 Å². The van der Waals surface area contributed by atoms with E-state index in [9.17, 15) is 4.79 Å². The molecule has 0 unspecified atom stereocenters. The number of anilines is 1. The van der Waals surface area contributed by atoms with E-state index in [1.807, 2.05) is 46.6 Å². The zero-order valence-electron chi connectivity index (χ0n) is 31.2. The number of tetrazole rings is 1. The molecule has 0 aliphatic rings. The van der Waals surface area contributed by atoms with Crippen molar-refractivity contribution in [1.29, 1.82) is 0 Å². The third-order valence-corrected chi connectivity index (χ3v) is 9.70. The Labute approximate surface area is 316 Å². The van der Waals surface area contributed by atoms with Gasteiger partial charge in [-0.1, -0.05) is 146 Å². The van der Waals surface area contributed by atoms with Gasteiger partial charge >= 0.3 is 5.97 Å². The molecule has 0 fully saturated rings. The summed E-state index contributed by atoms with van der Waals surface area (Å²) >= 11 is 0. The molecule has 54 heavy (non-hydrogen) atoms. The average molecular weight is 716 g/mol. The smallest absolute Gasteiger partial charge is 0.343 e. The fraction of sp³-hybridized carbons (Fsp3) is 0.222. The highest BCUT2D eigenvalue weighted by atomic mass is 16.5. The molecule has 9 nitrogen and oxygen atoms in total. The first-order chi connectivity index (χ1) is 26.4. The zero-order chi connectivity index (χ0) is 37.5. The van der Waals surface area contributed by atoms with E-state index in [0.29, 0.717) is 30.4 Å². The van der Waals surface area contributed by atoms with Gasteiger partial charge in [-0.3, -0.25) is 4.68 Å². The van der Waals surface area contributed by atoms with Crippen LogP contribution in [0, 0.1) is 0 Å². The number of hydrogen-bond acceptors (Lipinski definition) is 7. The van der Waals surface area contributed by atoms with Crippen LogP contribution >= 0.6 is 0 Å². The van der Waals surface area contributed by atoms with Crippen molar-refractivity contribution >= 4 is 11.8 Å². The Morgan fingerprint density at radius 3 is 1.83 bits per heavy atom. The maximum atomic E-state index is 13.0. The number of rotatable bonds is 14. The summed E-state index contributed by atoms with van der Waals surface area (Å²) in [6, 6.07) is 48.2. The first kappa shape index (κ1) is 36.0. The lowest BCUT2D eigenvalue weighted by molar-refractivity contribution is 0.0527. The minimum Gasteiger partial charge on any atom is -0.462 e. The molecule has 5 aromatic carbocycles. The number of esters is 1. The number of benzene rings is 5. The molecule has 7 rings (SSSR count). The summed E-state index contributed by atoms with van der Waals surface area (Å²) in [6.07, 6.45) is 2.70. The lowest BCUT2D eigenvalue weighted by Gasteiger charge is -2.36. The molecule has 0 saturated carbocycles. The van der Waals surface area contributed by atoms with E-state index in [2.05, 4.69) is 140 Å². The molecule has 0 spiro atoms. The molecule has 0 aliphatic carbocycles. The Balaban J connectivity index is 1.29. The third-order valence-electron chi connectivity index (χ3n) is 9.70. The van der Waals surface area contributed by atoms with Crippen LogP contribution in [0.2, 0.25) is 0 Å². The van der Waals surface area contributed by atoms with Crippen molar-refractivity contribution in [2.24, 2.45) is 0 Å². The van der Waals surface area contributed by atoms with Gasteiger partial charge in [0.1, 0.15) is 11.1 Å². The Bertz CT molecular complexity index is 2190. The summed E-state index contributed by atoms with van der Waals surface area (Å²) in [6.45, 7) is 9.68. The minimum atomic E-state index is -0.868. The first-order valence-electron chi connectivity index (χ1n) is 18.6. The molecule has 0 radical (unpaired) electrons. The number of hydrogen-bond donors (Lipinski definition) is 0. The normalized spacial score (nSPS) is 11.5. The number of carbonyl (C=O) groups is 1. The van der Waals surface area contributed by atoms with Gasteiger partial charge in [-0.05, 0) is 71.0 Å². The van der Waals surface area contributed by atoms with Crippen molar-refractivity contribution in [3.63, 3.8) is 0 Å². The minimum absolute atomic E-state index is 0.106. The Kier molecular flexibility index (Phi) is 10.8. The maximum Gasteiger partial charge on any atom is 0.343 e. The van der Waals surface area contributed by atoms with Gasteiger partial charge in [0.15, 0.2) is 11.6 Å². The van der Waals surface area contributed by atoms with Crippen LogP contribution in [0.4, 0.5) is 5.82 Å². The van der Waals surface area contributed by atoms with Crippen molar-refractivity contribution in [1.82, 2.24) is 30.0 Å². The molecular weight excluding hydrogens is 671 g/mol. The molecule has 0 aliphatic heterocycles. The summed E-state index contributed by atoms with van der Waals surface area (Å²) in [5.41, 5.74) is 6.79. The highest BCUT2D eigenvalue weighted by Gasteiger charge is 2.42. The van der Waals surface area contributed by atoms with E-state index in [1.165, 1.54) is 0 Å². The van der Waals surface area contributed by atoms with E-state index in [0.717, 1.165) is 51.9 Å². The van der Waals surface area contributed by atoms with Crippen molar-refractivity contribution in [3.8, 4) is 22.5 Å². The topological polar surface area (TPSA) is 91.0 Å². The van der Waals surface area contributed by atoms with E-state index in [1.54, 1.807) is 6.20 Å². The molecule has 0 atom stereocenters. The molecule has 2 heterocycles. The summed E-state index contributed by atoms with van der Waals surface area (Å²) in [4.78, 5) is 15.2. The second-order valence-corrected chi connectivity index (χ2v) is 13.5. The molecule has 0 N–H and O–H groups in total. The largest absolute Gasteiger partial charge is 0.462 e. The molecule has 0 amide bonds. The predicted octanol–water partition coefficient (Wildman–Crippen LogP) is 9.22. The van der Waals surface area contributed by atoms with Crippen molar-refractivity contribution in [2.75, 3.05) is 18.1 Å².